The molecule has 1 aromatic rings. The number of carbonyl (C=O) groups is 3. The molecule has 1 aromatic carbocycles. The van der Waals surface area contributed by atoms with Crippen LogP contribution in [0.4, 0.5) is 5.69 Å². The molecule has 3 saturated carbocycles. The van der Waals surface area contributed by atoms with Crippen molar-refractivity contribution in [1.29, 1.82) is 0 Å². The number of aliphatic hydroxyl groups is 2. The number of rotatable bonds is 10. The molecule has 0 saturated heterocycles. The Kier molecular flexibility index (Phi) is 8.98. The average Bonchev–Trinajstić information content (AvgIpc) is 3.23. The number of hydrogen-bond donors (Lipinski definition) is 2. The molecule has 9 heteroatoms. The molecule has 0 aromatic heterocycles. The molecule has 0 bridgehead atoms. The molecule has 2 N–H and O–H groups in total. The molecule has 7 atom stereocenters. The number of benzene rings is 1. The van der Waals surface area contributed by atoms with Crippen LogP contribution in [0.15, 0.2) is 48.1 Å². The van der Waals surface area contributed by atoms with Crippen molar-refractivity contribution in [3.05, 3.63) is 53.6 Å². The normalized spacial score (nSPS) is 35.1. The number of aliphatic hydroxyl groups excluding tert-OH is 1. The van der Waals surface area contributed by atoms with Gasteiger partial charge in [-0.25, -0.2) is 0 Å². The van der Waals surface area contributed by atoms with Crippen LogP contribution < -0.4 is 4.90 Å². The van der Waals surface area contributed by atoms with E-state index in [1.54, 1.807) is 12.2 Å². The van der Waals surface area contributed by atoms with Gasteiger partial charge in [-0.15, -0.1) is 23.2 Å². The Balaban J connectivity index is 1.23. The summed E-state index contributed by atoms with van der Waals surface area (Å²) in [6.45, 7) is 4.83. The molecule has 4 aliphatic rings. The lowest BCUT2D eigenvalue weighted by Crippen LogP contribution is -2.61. The van der Waals surface area contributed by atoms with Crippen LogP contribution in [0, 0.1) is 28.6 Å². The van der Waals surface area contributed by atoms with Crippen molar-refractivity contribution in [1.82, 2.24) is 0 Å². The molecule has 3 fully saturated rings. The zero-order chi connectivity index (χ0) is 30.3. The molecule has 42 heavy (non-hydrogen) atoms. The van der Waals surface area contributed by atoms with Crippen molar-refractivity contribution in [2.45, 2.75) is 64.1 Å². The maximum atomic E-state index is 13.5. The maximum absolute atomic E-state index is 13.5. The molecule has 0 amide bonds. The van der Waals surface area contributed by atoms with Gasteiger partial charge >= 0.3 is 5.97 Å². The summed E-state index contributed by atoms with van der Waals surface area (Å²) in [5.74, 6) is -0.0554. The number of anilines is 1. The van der Waals surface area contributed by atoms with Crippen molar-refractivity contribution in [3.63, 3.8) is 0 Å². The van der Waals surface area contributed by atoms with Crippen LogP contribution >= 0.6 is 23.2 Å². The number of Topliss-reactive ketones (excluding diaryl/α,β-unsaturated/α-hetero) is 1. The molecule has 0 heterocycles. The van der Waals surface area contributed by atoms with Crippen molar-refractivity contribution in [3.8, 4) is 0 Å². The topological polar surface area (TPSA) is 104 Å². The van der Waals surface area contributed by atoms with E-state index in [0.29, 0.717) is 31.3 Å². The average molecular weight is 619 g/mol. The highest BCUT2D eigenvalue weighted by molar-refractivity contribution is 6.18. The number of ketones is 2. The van der Waals surface area contributed by atoms with Crippen LogP contribution in [0.5, 0.6) is 0 Å². The Morgan fingerprint density at radius 3 is 2.45 bits per heavy atom. The summed E-state index contributed by atoms with van der Waals surface area (Å²) in [4.78, 5) is 40.3. The third-order valence-electron chi connectivity index (χ3n) is 10.8. The van der Waals surface area contributed by atoms with Gasteiger partial charge in [0.1, 0.15) is 5.60 Å². The van der Waals surface area contributed by atoms with Crippen LogP contribution in [0.2, 0.25) is 0 Å². The van der Waals surface area contributed by atoms with E-state index in [1.165, 1.54) is 0 Å². The number of carbonyl (C=O) groups excluding carboxylic acids is 3. The van der Waals surface area contributed by atoms with E-state index in [0.717, 1.165) is 29.7 Å². The monoisotopic (exact) mass is 617 g/mol. The van der Waals surface area contributed by atoms with E-state index in [9.17, 15) is 24.6 Å². The van der Waals surface area contributed by atoms with Crippen LogP contribution in [-0.4, -0.2) is 70.9 Å². The Morgan fingerprint density at radius 1 is 1.10 bits per heavy atom. The highest BCUT2D eigenvalue weighted by Gasteiger charge is 2.68. The fourth-order valence-corrected chi connectivity index (χ4v) is 9.08. The second-order valence-electron chi connectivity index (χ2n) is 12.9. The standard InChI is InChI=1S/C33H41Cl2NO6/c1-31-11-9-24(37)18-22(31)5-8-25-26-10-12-33(41,32(26,2)19-27(38)30(25)31)28(39)20-42-29(40)17-21-3-6-23(7-4-21)36(15-13-34)16-14-35/h3-4,6-7,9,11,18,25-27,30,38,41H,5,8,10,12-17,19-20H2,1-2H3/t25-,26-,27-,30+,31-,32-,33+/m0/s1. The Hall–Kier alpha value is -2.19. The van der Waals surface area contributed by atoms with Crippen LogP contribution in [0.3, 0.4) is 0 Å². The second-order valence-corrected chi connectivity index (χ2v) is 13.7. The minimum Gasteiger partial charge on any atom is -0.457 e. The SMILES string of the molecule is C[C@]12C=CC(=O)C=C1CC[C@@H]1[C@@H]2[C@@H](O)C[C@@]2(C)[C@H]1CC[C@@]2(O)C(=O)COC(=O)Cc1ccc(N(CCCl)CCCl)cc1. The number of fused-ring (bicyclic) bond motifs is 5. The summed E-state index contributed by atoms with van der Waals surface area (Å²) < 4.78 is 5.39. The number of halogens is 2. The van der Waals surface area contributed by atoms with Crippen molar-refractivity contribution in [2.75, 3.05) is 36.4 Å². The highest BCUT2D eigenvalue weighted by Crippen LogP contribution is 2.67. The molecule has 228 valence electrons. The first-order chi connectivity index (χ1) is 20.0. The Labute approximate surface area is 257 Å². The maximum Gasteiger partial charge on any atom is 0.310 e. The first-order valence-corrected chi connectivity index (χ1v) is 16.0. The van der Waals surface area contributed by atoms with E-state index >= 15 is 0 Å². The van der Waals surface area contributed by atoms with Crippen LogP contribution in [0.1, 0.15) is 51.5 Å². The van der Waals surface area contributed by atoms with E-state index < -0.39 is 40.9 Å². The number of hydrogen-bond acceptors (Lipinski definition) is 7. The summed E-state index contributed by atoms with van der Waals surface area (Å²) in [5.41, 5.74) is -0.167. The van der Waals surface area contributed by atoms with Gasteiger partial charge in [0, 0.05) is 47.3 Å². The first-order valence-electron chi connectivity index (χ1n) is 15.0. The van der Waals surface area contributed by atoms with Gasteiger partial charge in [0.2, 0.25) is 5.78 Å². The molecule has 0 spiro atoms. The largest absolute Gasteiger partial charge is 0.457 e. The zero-order valence-corrected chi connectivity index (χ0v) is 25.9. The summed E-state index contributed by atoms with van der Waals surface area (Å²) in [5, 5.41) is 23.4. The number of allylic oxidation sites excluding steroid dienone is 4. The van der Waals surface area contributed by atoms with Gasteiger partial charge in [-0.05, 0) is 73.8 Å². The van der Waals surface area contributed by atoms with Gasteiger partial charge in [0.15, 0.2) is 12.4 Å². The third-order valence-corrected chi connectivity index (χ3v) is 11.2. The van der Waals surface area contributed by atoms with Gasteiger partial charge in [-0.3, -0.25) is 14.4 Å². The van der Waals surface area contributed by atoms with Gasteiger partial charge in [0.05, 0.1) is 12.5 Å². The Bertz CT molecular complexity index is 1270. The van der Waals surface area contributed by atoms with Crippen molar-refractivity contribution < 1.29 is 29.3 Å². The number of esters is 1. The summed E-state index contributed by atoms with van der Waals surface area (Å²) in [7, 11) is 0. The lowest BCUT2D eigenvalue weighted by molar-refractivity contribution is -0.181. The molecule has 5 rings (SSSR count). The minimum absolute atomic E-state index is 0.00379. The van der Waals surface area contributed by atoms with Crippen molar-refractivity contribution >= 4 is 46.4 Å². The quantitative estimate of drug-likeness (QED) is 0.291. The van der Waals surface area contributed by atoms with E-state index in [1.807, 2.05) is 37.3 Å². The molecule has 7 nitrogen and oxygen atoms in total. The van der Waals surface area contributed by atoms with Gasteiger partial charge in [0.25, 0.3) is 0 Å². The molecule has 0 radical (unpaired) electrons. The summed E-state index contributed by atoms with van der Waals surface area (Å²) >= 11 is 11.8. The molecule has 0 aliphatic heterocycles. The van der Waals surface area contributed by atoms with Crippen LogP contribution in [-0.2, 0) is 25.5 Å². The summed E-state index contributed by atoms with van der Waals surface area (Å²) in [6.07, 6.45) is 7.30. The third kappa shape index (κ3) is 5.36. The lowest BCUT2D eigenvalue weighted by atomic mass is 9.46. The molecular weight excluding hydrogens is 577 g/mol. The molecule has 4 aliphatic carbocycles. The van der Waals surface area contributed by atoms with Crippen LogP contribution in [0.25, 0.3) is 0 Å². The first kappa shape index (κ1) is 31.2. The van der Waals surface area contributed by atoms with Gasteiger partial charge in [-0.1, -0.05) is 37.6 Å². The fraction of sp³-hybridized carbons (Fsp3) is 0.606. The van der Waals surface area contributed by atoms with E-state index in [4.69, 9.17) is 27.9 Å². The second kappa shape index (κ2) is 12.1. The molecular formula is C33H41Cl2NO6. The number of nitrogens with zero attached hydrogens (tertiary/aromatic N) is 1. The summed E-state index contributed by atoms with van der Waals surface area (Å²) in [6, 6.07) is 7.49. The van der Waals surface area contributed by atoms with E-state index in [2.05, 4.69) is 11.8 Å². The van der Waals surface area contributed by atoms with Gasteiger partial charge < -0.3 is 19.8 Å². The fourth-order valence-electron chi connectivity index (χ4n) is 8.67. The Morgan fingerprint density at radius 2 is 1.79 bits per heavy atom. The minimum atomic E-state index is -1.69. The number of alkyl halides is 2. The highest BCUT2D eigenvalue weighted by atomic mass is 35.5. The van der Waals surface area contributed by atoms with E-state index in [-0.39, 0.29) is 42.8 Å². The van der Waals surface area contributed by atoms with Gasteiger partial charge in [-0.2, -0.15) is 0 Å². The zero-order valence-electron chi connectivity index (χ0n) is 24.4. The number of ether oxygens (including phenoxy) is 1. The lowest BCUT2D eigenvalue weighted by Gasteiger charge is -2.59. The predicted octanol–water partition coefficient (Wildman–Crippen LogP) is 4.64. The smallest absolute Gasteiger partial charge is 0.310 e. The van der Waals surface area contributed by atoms with Crippen molar-refractivity contribution in [2.24, 2.45) is 28.6 Å². The predicted molar refractivity (Wildman–Crippen MR) is 163 cm³/mol. The molecule has 0 unspecified atom stereocenters.